The maximum atomic E-state index is 9.88. The lowest BCUT2D eigenvalue weighted by Gasteiger charge is -2.12. The van der Waals surface area contributed by atoms with Gasteiger partial charge in [-0.15, -0.1) is 0 Å². The number of hydrogen-bond donors (Lipinski definition) is 1. The van der Waals surface area contributed by atoms with Crippen LogP contribution in [0.15, 0.2) is 4.47 Å². The highest BCUT2D eigenvalue weighted by atomic mass is 79.9. The molecule has 1 aromatic heterocycles. The number of rotatable bonds is 6. The molecule has 0 bridgehead atoms. The summed E-state index contributed by atoms with van der Waals surface area (Å²) in [5, 5.41) is 14.3. The van der Waals surface area contributed by atoms with Crippen molar-refractivity contribution >= 4 is 15.9 Å². The van der Waals surface area contributed by atoms with Crippen molar-refractivity contribution in [2.45, 2.75) is 52.6 Å². The maximum Gasteiger partial charge on any atom is 0.0766 e. The summed E-state index contributed by atoms with van der Waals surface area (Å²) in [6.45, 7) is 6.38. The number of halogens is 1. The second-order valence-electron chi connectivity index (χ2n) is 5.01. The largest absolute Gasteiger partial charge is 0.393 e. The van der Waals surface area contributed by atoms with E-state index in [2.05, 4.69) is 41.8 Å². The fourth-order valence-electron chi connectivity index (χ4n) is 2.06. The van der Waals surface area contributed by atoms with Gasteiger partial charge in [0.25, 0.3) is 0 Å². The molecule has 17 heavy (non-hydrogen) atoms. The first kappa shape index (κ1) is 14.7. The van der Waals surface area contributed by atoms with Gasteiger partial charge in [0.2, 0.25) is 0 Å². The van der Waals surface area contributed by atoms with E-state index in [1.54, 1.807) is 0 Å². The van der Waals surface area contributed by atoms with Crippen LogP contribution in [0.3, 0.4) is 0 Å². The average Bonchev–Trinajstić information content (AvgIpc) is 2.50. The second kappa shape index (κ2) is 6.55. The van der Waals surface area contributed by atoms with Gasteiger partial charge in [-0.25, -0.2) is 0 Å². The predicted octanol–water partition coefficient (Wildman–Crippen LogP) is 3.08. The third kappa shape index (κ3) is 4.11. The lowest BCUT2D eigenvalue weighted by Crippen LogP contribution is -2.12. The van der Waals surface area contributed by atoms with Crippen molar-refractivity contribution in [3.8, 4) is 0 Å². The minimum atomic E-state index is -0.207. The van der Waals surface area contributed by atoms with Crippen LogP contribution in [0, 0.1) is 5.92 Å². The molecule has 0 saturated carbocycles. The Morgan fingerprint density at radius 2 is 2.06 bits per heavy atom. The van der Waals surface area contributed by atoms with Gasteiger partial charge in [-0.2, -0.15) is 5.10 Å². The second-order valence-corrected chi connectivity index (χ2v) is 5.80. The lowest BCUT2D eigenvalue weighted by molar-refractivity contribution is 0.139. The lowest BCUT2D eigenvalue weighted by atomic mass is 10.0. The fourth-order valence-corrected chi connectivity index (χ4v) is 2.87. The van der Waals surface area contributed by atoms with E-state index in [1.165, 1.54) is 5.69 Å². The third-order valence-corrected chi connectivity index (χ3v) is 3.88. The van der Waals surface area contributed by atoms with Crippen molar-refractivity contribution in [3.63, 3.8) is 0 Å². The first-order valence-electron chi connectivity index (χ1n) is 6.34. The van der Waals surface area contributed by atoms with E-state index in [1.807, 2.05) is 11.7 Å². The molecule has 0 radical (unpaired) electrons. The average molecular weight is 303 g/mol. The molecule has 0 fully saturated rings. The molecule has 0 saturated heterocycles. The van der Waals surface area contributed by atoms with Crippen LogP contribution >= 0.6 is 15.9 Å². The molecule has 1 atom stereocenters. The summed E-state index contributed by atoms with van der Waals surface area (Å²) in [5.41, 5.74) is 2.28. The summed E-state index contributed by atoms with van der Waals surface area (Å²) in [7, 11) is 1.97. The molecule has 1 aromatic rings. The molecule has 0 aromatic carbocycles. The van der Waals surface area contributed by atoms with E-state index in [0.717, 1.165) is 35.8 Å². The van der Waals surface area contributed by atoms with Gasteiger partial charge in [0, 0.05) is 7.05 Å². The number of aromatic nitrogens is 2. The molecular weight excluding hydrogens is 280 g/mol. The number of nitrogens with zero attached hydrogens (tertiary/aromatic N) is 2. The zero-order valence-electron chi connectivity index (χ0n) is 11.2. The number of aryl methyl sites for hydroxylation is 2. The number of aliphatic hydroxyl groups excluding tert-OH is 1. The summed E-state index contributed by atoms with van der Waals surface area (Å²) in [5.74, 6) is 0.547. The summed E-state index contributed by atoms with van der Waals surface area (Å²) in [6, 6.07) is 0. The third-order valence-electron chi connectivity index (χ3n) is 2.96. The minimum absolute atomic E-state index is 0.207. The molecule has 1 heterocycles. The van der Waals surface area contributed by atoms with Gasteiger partial charge in [0.05, 0.1) is 22.0 Å². The molecule has 3 nitrogen and oxygen atoms in total. The SMILES string of the molecule is CCc1nn(C)c(CCC(O)CC(C)C)c1Br. The molecule has 1 unspecified atom stereocenters. The molecule has 4 heteroatoms. The maximum absolute atomic E-state index is 9.88. The molecule has 0 aliphatic heterocycles. The smallest absolute Gasteiger partial charge is 0.0766 e. The van der Waals surface area contributed by atoms with Crippen LogP contribution in [0.5, 0.6) is 0 Å². The van der Waals surface area contributed by atoms with Crippen LogP contribution in [-0.4, -0.2) is 21.0 Å². The Morgan fingerprint density at radius 1 is 1.41 bits per heavy atom. The quantitative estimate of drug-likeness (QED) is 0.877. The van der Waals surface area contributed by atoms with Crippen molar-refractivity contribution in [3.05, 3.63) is 15.9 Å². The van der Waals surface area contributed by atoms with Crippen LogP contribution in [0.25, 0.3) is 0 Å². The zero-order valence-corrected chi connectivity index (χ0v) is 12.8. The number of hydrogen-bond acceptors (Lipinski definition) is 2. The Bertz CT molecular complexity index is 361. The molecule has 1 N–H and O–H groups in total. The molecular formula is C13H23BrN2O. The van der Waals surface area contributed by atoms with Crippen LogP contribution in [0.1, 0.15) is 45.0 Å². The Hall–Kier alpha value is -0.350. The molecule has 0 amide bonds. The highest BCUT2D eigenvalue weighted by Gasteiger charge is 2.14. The highest BCUT2D eigenvalue weighted by molar-refractivity contribution is 9.10. The van der Waals surface area contributed by atoms with Crippen LogP contribution in [0.4, 0.5) is 0 Å². The zero-order chi connectivity index (χ0) is 13.0. The van der Waals surface area contributed by atoms with Crippen molar-refractivity contribution in [1.82, 2.24) is 9.78 Å². The predicted molar refractivity (Wildman–Crippen MR) is 74.1 cm³/mol. The topological polar surface area (TPSA) is 38.0 Å². The molecule has 0 spiro atoms. The monoisotopic (exact) mass is 302 g/mol. The van der Waals surface area contributed by atoms with Crippen LogP contribution < -0.4 is 0 Å². The van der Waals surface area contributed by atoms with Crippen LogP contribution in [-0.2, 0) is 19.9 Å². The fraction of sp³-hybridized carbons (Fsp3) is 0.769. The molecule has 0 aliphatic rings. The Kier molecular flexibility index (Phi) is 5.67. The molecule has 0 aliphatic carbocycles. The van der Waals surface area contributed by atoms with Crippen molar-refractivity contribution in [1.29, 1.82) is 0 Å². The Balaban J connectivity index is 2.60. The van der Waals surface area contributed by atoms with Crippen molar-refractivity contribution in [2.75, 3.05) is 0 Å². The van der Waals surface area contributed by atoms with Gasteiger partial charge in [-0.3, -0.25) is 4.68 Å². The standard InChI is InChI=1S/C13H23BrN2O/c1-5-11-13(14)12(16(4)15-11)7-6-10(17)8-9(2)3/h9-10,17H,5-8H2,1-4H3. The van der Waals surface area contributed by atoms with Gasteiger partial charge in [-0.1, -0.05) is 20.8 Å². The van der Waals surface area contributed by atoms with E-state index >= 15 is 0 Å². The summed E-state index contributed by atoms with van der Waals surface area (Å²) >= 11 is 3.60. The first-order chi connectivity index (χ1) is 7.95. The minimum Gasteiger partial charge on any atom is -0.393 e. The summed E-state index contributed by atoms with van der Waals surface area (Å²) in [4.78, 5) is 0. The summed E-state index contributed by atoms with van der Waals surface area (Å²) < 4.78 is 3.03. The highest BCUT2D eigenvalue weighted by Crippen LogP contribution is 2.23. The van der Waals surface area contributed by atoms with E-state index in [9.17, 15) is 5.11 Å². The Labute approximate surface area is 112 Å². The van der Waals surface area contributed by atoms with Crippen LogP contribution in [0.2, 0.25) is 0 Å². The number of aliphatic hydroxyl groups is 1. The van der Waals surface area contributed by atoms with E-state index < -0.39 is 0 Å². The summed E-state index contributed by atoms with van der Waals surface area (Å²) in [6.07, 6.45) is 3.28. The molecule has 1 rings (SSSR count). The van der Waals surface area contributed by atoms with Gasteiger partial charge < -0.3 is 5.11 Å². The van der Waals surface area contributed by atoms with E-state index in [-0.39, 0.29) is 6.10 Å². The van der Waals surface area contributed by atoms with Crippen molar-refractivity contribution < 1.29 is 5.11 Å². The Morgan fingerprint density at radius 3 is 2.53 bits per heavy atom. The van der Waals surface area contributed by atoms with E-state index in [0.29, 0.717) is 5.92 Å². The first-order valence-corrected chi connectivity index (χ1v) is 7.13. The van der Waals surface area contributed by atoms with Gasteiger partial charge in [0.15, 0.2) is 0 Å². The van der Waals surface area contributed by atoms with Gasteiger partial charge in [-0.05, 0) is 47.5 Å². The van der Waals surface area contributed by atoms with Crippen molar-refractivity contribution in [2.24, 2.45) is 13.0 Å². The van der Waals surface area contributed by atoms with E-state index in [4.69, 9.17) is 0 Å². The van der Waals surface area contributed by atoms with Gasteiger partial charge >= 0.3 is 0 Å². The normalized spacial score (nSPS) is 13.4. The molecule has 98 valence electrons. The van der Waals surface area contributed by atoms with Gasteiger partial charge in [0.1, 0.15) is 0 Å².